The van der Waals surface area contributed by atoms with Crippen molar-refractivity contribution in [2.75, 3.05) is 11.9 Å². The minimum atomic E-state index is -0.813. The zero-order valence-corrected chi connectivity index (χ0v) is 16.8. The molecule has 0 aliphatic rings. The number of amides is 1. The molecule has 5 nitrogen and oxygen atoms in total. The predicted molar refractivity (Wildman–Crippen MR) is 104 cm³/mol. The van der Waals surface area contributed by atoms with Crippen LogP contribution in [0.25, 0.3) is 0 Å². The normalized spacial score (nSPS) is 11.6. The molecule has 26 heavy (non-hydrogen) atoms. The Hall–Kier alpha value is -2.34. The van der Waals surface area contributed by atoms with Crippen molar-refractivity contribution in [3.05, 3.63) is 57.6 Å². The topological polar surface area (TPSA) is 64.6 Å². The van der Waals surface area contributed by atoms with E-state index in [0.717, 1.165) is 26.9 Å². The molecule has 0 unspecified atom stereocenters. The summed E-state index contributed by atoms with van der Waals surface area (Å²) in [5.74, 6) is -0.433. The molecule has 0 bridgehead atoms. The van der Waals surface area contributed by atoms with E-state index in [1.807, 2.05) is 45.0 Å². The molecule has 0 aliphatic heterocycles. The SMILES string of the molecule is Cc1cc(C)c(NC(=O)COC(=O)[C@@H](C)Oc2ccc(Br)cc2)c(C)c1. The maximum atomic E-state index is 12.1. The summed E-state index contributed by atoms with van der Waals surface area (Å²) in [5, 5.41) is 2.79. The Morgan fingerprint density at radius 1 is 1.08 bits per heavy atom. The highest BCUT2D eigenvalue weighted by molar-refractivity contribution is 9.10. The van der Waals surface area contributed by atoms with Crippen molar-refractivity contribution in [1.29, 1.82) is 0 Å². The highest BCUT2D eigenvalue weighted by Crippen LogP contribution is 2.22. The van der Waals surface area contributed by atoms with Crippen LogP contribution in [0.4, 0.5) is 5.69 Å². The first-order valence-corrected chi connectivity index (χ1v) is 9.02. The van der Waals surface area contributed by atoms with Crippen LogP contribution >= 0.6 is 15.9 Å². The maximum Gasteiger partial charge on any atom is 0.347 e. The number of hydrogen-bond acceptors (Lipinski definition) is 4. The number of ether oxygens (including phenoxy) is 2. The summed E-state index contributed by atoms with van der Waals surface area (Å²) in [6.07, 6.45) is -0.813. The van der Waals surface area contributed by atoms with E-state index in [2.05, 4.69) is 21.2 Å². The van der Waals surface area contributed by atoms with Crippen LogP contribution in [0.5, 0.6) is 5.75 Å². The average molecular weight is 420 g/mol. The molecule has 1 amide bonds. The number of rotatable bonds is 6. The van der Waals surface area contributed by atoms with E-state index < -0.39 is 12.1 Å². The molecule has 0 aromatic heterocycles. The number of halogens is 1. The third kappa shape index (κ3) is 5.59. The van der Waals surface area contributed by atoms with E-state index in [4.69, 9.17) is 9.47 Å². The Bertz CT molecular complexity index is 779. The molecule has 138 valence electrons. The van der Waals surface area contributed by atoms with Crippen molar-refractivity contribution >= 4 is 33.5 Å². The van der Waals surface area contributed by atoms with Gasteiger partial charge in [-0.25, -0.2) is 4.79 Å². The van der Waals surface area contributed by atoms with Gasteiger partial charge in [0.1, 0.15) is 5.75 Å². The number of carbonyl (C=O) groups excluding carboxylic acids is 2. The molecule has 2 aromatic carbocycles. The van der Waals surface area contributed by atoms with Gasteiger partial charge in [0, 0.05) is 10.2 Å². The second kappa shape index (κ2) is 8.85. The fraction of sp³-hybridized carbons (Fsp3) is 0.300. The molecule has 0 fully saturated rings. The van der Waals surface area contributed by atoms with Gasteiger partial charge >= 0.3 is 5.97 Å². The van der Waals surface area contributed by atoms with Crippen LogP contribution in [0.3, 0.4) is 0 Å². The van der Waals surface area contributed by atoms with Crippen molar-refractivity contribution in [1.82, 2.24) is 0 Å². The molecule has 1 atom stereocenters. The molecule has 0 aliphatic carbocycles. The average Bonchev–Trinajstić information content (AvgIpc) is 2.57. The van der Waals surface area contributed by atoms with Gasteiger partial charge in [-0.05, 0) is 63.1 Å². The van der Waals surface area contributed by atoms with Crippen LogP contribution in [0.15, 0.2) is 40.9 Å². The zero-order valence-electron chi connectivity index (χ0n) is 15.3. The van der Waals surface area contributed by atoms with Gasteiger partial charge < -0.3 is 14.8 Å². The summed E-state index contributed by atoms with van der Waals surface area (Å²) < 4.78 is 11.5. The summed E-state index contributed by atoms with van der Waals surface area (Å²) in [4.78, 5) is 24.1. The van der Waals surface area contributed by atoms with E-state index in [0.29, 0.717) is 5.75 Å². The number of anilines is 1. The van der Waals surface area contributed by atoms with E-state index >= 15 is 0 Å². The Morgan fingerprint density at radius 2 is 1.65 bits per heavy atom. The van der Waals surface area contributed by atoms with Crippen molar-refractivity contribution < 1.29 is 19.1 Å². The Kier molecular flexibility index (Phi) is 6.80. The molecular formula is C20H22BrNO4. The summed E-state index contributed by atoms with van der Waals surface area (Å²) in [6, 6.07) is 11.1. The molecule has 1 N–H and O–H groups in total. The lowest BCUT2D eigenvalue weighted by molar-refractivity contribution is -0.153. The van der Waals surface area contributed by atoms with E-state index in [1.54, 1.807) is 19.1 Å². The van der Waals surface area contributed by atoms with Crippen LogP contribution in [0.2, 0.25) is 0 Å². The highest BCUT2D eigenvalue weighted by atomic mass is 79.9. The number of esters is 1. The molecular weight excluding hydrogens is 398 g/mol. The van der Waals surface area contributed by atoms with Crippen LogP contribution in [-0.2, 0) is 14.3 Å². The zero-order chi connectivity index (χ0) is 19.3. The van der Waals surface area contributed by atoms with Gasteiger partial charge in [-0.15, -0.1) is 0 Å². The van der Waals surface area contributed by atoms with Crippen molar-refractivity contribution in [3.63, 3.8) is 0 Å². The van der Waals surface area contributed by atoms with Crippen molar-refractivity contribution in [2.45, 2.75) is 33.8 Å². The molecule has 6 heteroatoms. The standard InChI is InChI=1S/C20H22BrNO4/c1-12-9-13(2)19(14(3)10-12)22-18(23)11-25-20(24)15(4)26-17-7-5-16(21)6-8-17/h5-10,15H,11H2,1-4H3,(H,22,23)/t15-/m1/s1. The van der Waals surface area contributed by atoms with Crippen LogP contribution in [0.1, 0.15) is 23.6 Å². The van der Waals surface area contributed by atoms with Crippen LogP contribution in [0, 0.1) is 20.8 Å². The monoisotopic (exact) mass is 419 g/mol. The van der Waals surface area contributed by atoms with Gasteiger partial charge in [0.15, 0.2) is 12.7 Å². The van der Waals surface area contributed by atoms with Gasteiger partial charge in [0.25, 0.3) is 5.91 Å². The number of carbonyl (C=O) groups is 2. The van der Waals surface area contributed by atoms with Gasteiger partial charge in [0.05, 0.1) is 0 Å². The Morgan fingerprint density at radius 3 is 2.23 bits per heavy atom. The summed E-state index contributed by atoms with van der Waals surface area (Å²) in [6.45, 7) is 7.07. The third-order valence-corrected chi connectivity index (χ3v) is 4.27. The smallest absolute Gasteiger partial charge is 0.347 e. The van der Waals surface area contributed by atoms with Crippen LogP contribution < -0.4 is 10.1 Å². The first kappa shape index (κ1) is 20.0. The fourth-order valence-electron chi connectivity index (χ4n) is 2.57. The van der Waals surface area contributed by atoms with Gasteiger partial charge in [-0.2, -0.15) is 0 Å². The number of benzene rings is 2. The van der Waals surface area contributed by atoms with Gasteiger partial charge in [-0.3, -0.25) is 4.79 Å². The highest BCUT2D eigenvalue weighted by Gasteiger charge is 2.18. The first-order chi connectivity index (χ1) is 12.3. The second-order valence-corrected chi connectivity index (χ2v) is 7.06. The molecule has 2 aromatic rings. The largest absolute Gasteiger partial charge is 0.479 e. The summed E-state index contributed by atoms with van der Waals surface area (Å²) in [7, 11) is 0. The van der Waals surface area contributed by atoms with E-state index in [9.17, 15) is 9.59 Å². The molecule has 0 radical (unpaired) electrons. The number of hydrogen-bond donors (Lipinski definition) is 1. The lowest BCUT2D eigenvalue weighted by atomic mass is 10.1. The van der Waals surface area contributed by atoms with E-state index in [1.165, 1.54) is 0 Å². The maximum absolute atomic E-state index is 12.1. The van der Waals surface area contributed by atoms with Gasteiger partial charge in [0.2, 0.25) is 0 Å². The molecule has 0 saturated carbocycles. The second-order valence-electron chi connectivity index (χ2n) is 6.14. The quantitative estimate of drug-likeness (QED) is 0.707. The number of aryl methyl sites for hydroxylation is 3. The number of nitrogens with one attached hydrogen (secondary N) is 1. The van der Waals surface area contributed by atoms with E-state index in [-0.39, 0.29) is 12.5 Å². The minimum Gasteiger partial charge on any atom is -0.479 e. The van der Waals surface area contributed by atoms with Crippen LogP contribution in [-0.4, -0.2) is 24.6 Å². The van der Waals surface area contributed by atoms with Crippen molar-refractivity contribution in [2.24, 2.45) is 0 Å². The third-order valence-electron chi connectivity index (χ3n) is 3.75. The first-order valence-electron chi connectivity index (χ1n) is 8.23. The summed E-state index contributed by atoms with van der Waals surface area (Å²) >= 11 is 3.33. The molecule has 0 heterocycles. The Labute approximate surface area is 161 Å². The van der Waals surface area contributed by atoms with Gasteiger partial charge in [-0.1, -0.05) is 33.6 Å². The molecule has 0 saturated heterocycles. The molecule has 0 spiro atoms. The molecule has 2 rings (SSSR count). The Balaban J connectivity index is 1.86. The summed E-state index contributed by atoms with van der Waals surface area (Å²) in [5.41, 5.74) is 3.81. The lowest BCUT2D eigenvalue weighted by Crippen LogP contribution is -2.30. The predicted octanol–water partition coefficient (Wildman–Crippen LogP) is 4.32. The minimum absolute atomic E-state index is 0.361. The van der Waals surface area contributed by atoms with Crippen molar-refractivity contribution in [3.8, 4) is 5.75 Å². The lowest BCUT2D eigenvalue weighted by Gasteiger charge is -2.15. The fourth-order valence-corrected chi connectivity index (χ4v) is 2.84.